The SMILES string of the molecule is C/C(N)=N/OC(=O)c1ccc(Cl)cc1C(=O)O.COC(=O)c1cc(Cl)ccc1C(=O)O. The van der Waals surface area contributed by atoms with Gasteiger partial charge in [0.2, 0.25) is 0 Å². The topological polar surface area (TPSA) is 166 Å². The van der Waals surface area contributed by atoms with Crippen molar-refractivity contribution in [3.05, 3.63) is 68.7 Å². The number of methoxy groups -OCH3 is 1. The lowest BCUT2D eigenvalue weighted by Gasteiger charge is -2.03. The molecule has 0 fully saturated rings. The summed E-state index contributed by atoms with van der Waals surface area (Å²) in [5, 5.41) is 21.4. The summed E-state index contributed by atoms with van der Waals surface area (Å²) < 4.78 is 4.42. The molecule has 0 heterocycles. The number of oxime groups is 1. The van der Waals surface area contributed by atoms with E-state index in [0.717, 1.165) is 6.07 Å². The molecule has 0 aromatic heterocycles. The summed E-state index contributed by atoms with van der Waals surface area (Å²) in [6.45, 7) is 1.42. The van der Waals surface area contributed by atoms with Gasteiger partial charge < -0.3 is 25.5 Å². The van der Waals surface area contributed by atoms with E-state index in [-0.39, 0.29) is 38.1 Å². The van der Waals surface area contributed by atoms with Crippen LogP contribution in [0.4, 0.5) is 0 Å². The van der Waals surface area contributed by atoms with Gasteiger partial charge in [-0.2, -0.15) is 0 Å². The van der Waals surface area contributed by atoms with Gasteiger partial charge in [-0.1, -0.05) is 28.4 Å². The Morgan fingerprint density at radius 2 is 1.32 bits per heavy atom. The van der Waals surface area contributed by atoms with Crippen LogP contribution < -0.4 is 5.73 Å². The van der Waals surface area contributed by atoms with E-state index < -0.39 is 23.9 Å². The first-order valence-corrected chi connectivity index (χ1v) is 8.89. The number of esters is 1. The van der Waals surface area contributed by atoms with Crippen molar-refractivity contribution < 1.29 is 39.0 Å². The van der Waals surface area contributed by atoms with Gasteiger partial charge >= 0.3 is 23.9 Å². The number of halogens is 2. The first kappa shape index (κ1) is 25.4. The molecule has 12 heteroatoms. The average molecular weight is 471 g/mol. The van der Waals surface area contributed by atoms with Crippen LogP contribution in [0.1, 0.15) is 48.4 Å². The Morgan fingerprint density at radius 1 is 0.839 bits per heavy atom. The molecule has 0 aliphatic heterocycles. The second-order valence-corrected chi connectivity index (χ2v) is 6.47. The highest BCUT2D eigenvalue weighted by atomic mass is 35.5. The highest BCUT2D eigenvalue weighted by Gasteiger charge is 2.19. The average Bonchev–Trinajstić information content (AvgIpc) is 2.71. The predicted molar refractivity (Wildman–Crippen MR) is 111 cm³/mol. The Bertz CT molecular complexity index is 1050. The van der Waals surface area contributed by atoms with Gasteiger partial charge in [-0.25, -0.2) is 19.2 Å². The minimum Gasteiger partial charge on any atom is -0.478 e. The van der Waals surface area contributed by atoms with Crippen molar-refractivity contribution >= 4 is 52.9 Å². The molecular weight excluding hydrogens is 455 g/mol. The number of nitrogens with two attached hydrogens (primary N) is 1. The van der Waals surface area contributed by atoms with Crippen LogP contribution in [0.5, 0.6) is 0 Å². The van der Waals surface area contributed by atoms with Crippen molar-refractivity contribution in [2.24, 2.45) is 10.9 Å². The summed E-state index contributed by atoms with van der Waals surface area (Å²) in [5.74, 6) is -4.06. The molecule has 0 radical (unpaired) electrons. The number of carbonyl (C=O) groups is 4. The van der Waals surface area contributed by atoms with Crippen LogP contribution in [0.15, 0.2) is 41.6 Å². The summed E-state index contributed by atoms with van der Waals surface area (Å²) >= 11 is 11.3. The summed E-state index contributed by atoms with van der Waals surface area (Å²) in [5.41, 5.74) is 4.60. The number of amidine groups is 1. The van der Waals surface area contributed by atoms with Crippen molar-refractivity contribution in [1.82, 2.24) is 0 Å². The van der Waals surface area contributed by atoms with Crippen molar-refractivity contribution in [2.45, 2.75) is 6.92 Å². The van der Waals surface area contributed by atoms with Crippen LogP contribution in [-0.2, 0) is 9.57 Å². The number of carbonyl (C=O) groups excluding carboxylic acids is 2. The third kappa shape index (κ3) is 7.61. The van der Waals surface area contributed by atoms with Gasteiger partial charge in [-0.05, 0) is 43.3 Å². The monoisotopic (exact) mass is 470 g/mol. The minimum atomic E-state index is -1.28. The normalized spacial score (nSPS) is 10.4. The lowest BCUT2D eigenvalue weighted by atomic mass is 10.1. The highest BCUT2D eigenvalue weighted by molar-refractivity contribution is 6.31. The number of ether oxygens (including phenoxy) is 1. The van der Waals surface area contributed by atoms with Crippen LogP contribution >= 0.6 is 23.2 Å². The smallest absolute Gasteiger partial charge is 0.366 e. The molecule has 10 nitrogen and oxygen atoms in total. The maximum atomic E-state index is 11.5. The lowest BCUT2D eigenvalue weighted by Crippen LogP contribution is -2.12. The van der Waals surface area contributed by atoms with Crippen molar-refractivity contribution in [2.75, 3.05) is 7.11 Å². The van der Waals surface area contributed by atoms with Crippen LogP contribution in [0.2, 0.25) is 10.0 Å². The van der Waals surface area contributed by atoms with Gasteiger partial charge in [0.1, 0.15) is 5.84 Å². The van der Waals surface area contributed by atoms with Crippen molar-refractivity contribution in [1.29, 1.82) is 0 Å². The number of carboxylic acids is 2. The molecule has 2 aromatic carbocycles. The third-order valence-corrected chi connectivity index (χ3v) is 3.79. The van der Waals surface area contributed by atoms with Gasteiger partial charge in [-0.3, -0.25) is 0 Å². The number of carboxylic acid groups (broad SMARTS) is 2. The molecule has 0 saturated heterocycles. The molecule has 31 heavy (non-hydrogen) atoms. The molecule has 0 amide bonds. The van der Waals surface area contributed by atoms with Crippen LogP contribution in [-0.4, -0.2) is 47.0 Å². The molecule has 0 aliphatic carbocycles. The molecule has 4 N–H and O–H groups in total. The molecule has 164 valence electrons. The van der Waals surface area contributed by atoms with Gasteiger partial charge in [0.25, 0.3) is 0 Å². The molecule has 2 rings (SSSR count). The van der Waals surface area contributed by atoms with Crippen LogP contribution in [0, 0.1) is 0 Å². The van der Waals surface area contributed by atoms with E-state index in [1.54, 1.807) is 0 Å². The van der Waals surface area contributed by atoms with E-state index >= 15 is 0 Å². The zero-order valence-electron chi connectivity index (χ0n) is 16.1. The molecule has 2 aromatic rings. The minimum absolute atomic E-state index is 0.0455. The van der Waals surface area contributed by atoms with Crippen LogP contribution in [0.3, 0.4) is 0 Å². The number of nitrogens with zero attached hydrogens (tertiary/aromatic N) is 1. The van der Waals surface area contributed by atoms with Gasteiger partial charge in [0.15, 0.2) is 0 Å². The van der Waals surface area contributed by atoms with Crippen LogP contribution in [0.25, 0.3) is 0 Å². The fourth-order valence-electron chi connectivity index (χ4n) is 2.02. The van der Waals surface area contributed by atoms with Gasteiger partial charge in [0, 0.05) is 10.0 Å². The molecule has 0 aliphatic rings. The Morgan fingerprint density at radius 3 is 1.77 bits per heavy atom. The van der Waals surface area contributed by atoms with E-state index in [0.29, 0.717) is 0 Å². The predicted octanol–water partition coefficient (Wildman–Crippen LogP) is 3.31. The number of aromatic carboxylic acids is 2. The Balaban J connectivity index is 0.000000316. The Labute approximate surface area is 185 Å². The largest absolute Gasteiger partial charge is 0.478 e. The maximum Gasteiger partial charge on any atom is 0.366 e. The number of rotatable bonds is 5. The summed E-state index contributed by atoms with van der Waals surface area (Å²) in [7, 11) is 1.18. The molecule has 0 unspecified atom stereocenters. The van der Waals surface area contributed by atoms with E-state index in [1.807, 2.05) is 0 Å². The quantitative estimate of drug-likeness (QED) is 0.195. The number of hydrogen-bond acceptors (Lipinski definition) is 7. The first-order valence-electron chi connectivity index (χ1n) is 8.13. The second kappa shape index (κ2) is 11.5. The standard InChI is InChI=1S/C10H9ClN2O4.C9H7ClO4/c1-5(12)13-17-10(16)7-3-2-6(11)4-8(7)9(14)15;1-14-9(13)7-4-5(10)2-3-6(7)8(11)12/h2-4H,1H3,(H2,12,13)(H,14,15);2-4H,1H3,(H,11,12). The first-order chi connectivity index (χ1) is 14.5. The van der Waals surface area contributed by atoms with Crippen molar-refractivity contribution in [3.8, 4) is 0 Å². The Kier molecular flexibility index (Phi) is 9.45. The number of hydrogen-bond donors (Lipinski definition) is 3. The highest BCUT2D eigenvalue weighted by Crippen LogP contribution is 2.18. The zero-order chi connectivity index (χ0) is 23.7. The molecular formula is C19H16Cl2N2O8. The Hall–Kier alpha value is -3.63. The van der Waals surface area contributed by atoms with Crippen molar-refractivity contribution in [3.63, 3.8) is 0 Å². The molecule has 0 saturated carbocycles. The van der Waals surface area contributed by atoms with E-state index in [2.05, 4.69) is 14.7 Å². The zero-order valence-corrected chi connectivity index (χ0v) is 17.6. The molecule has 0 atom stereocenters. The van der Waals surface area contributed by atoms with Gasteiger partial charge in [0.05, 0.1) is 29.4 Å². The second-order valence-electron chi connectivity index (χ2n) is 5.59. The van der Waals surface area contributed by atoms with E-state index in [9.17, 15) is 19.2 Å². The van der Waals surface area contributed by atoms with E-state index in [1.165, 1.54) is 44.4 Å². The summed E-state index contributed by atoms with van der Waals surface area (Å²) in [6, 6.07) is 7.70. The van der Waals surface area contributed by atoms with E-state index in [4.69, 9.17) is 39.1 Å². The summed E-state index contributed by atoms with van der Waals surface area (Å²) in [6.07, 6.45) is 0. The maximum absolute atomic E-state index is 11.5. The third-order valence-electron chi connectivity index (χ3n) is 3.32. The molecule has 0 spiro atoms. The number of benzene rings is 2. The van der Waals surface area contributed by atoms with Gasteiger partial charge in [-0.15, -0.1) is 0 Å². The fraction of sp³-hybridized carbons (Fsp3) is 0.105. The lowest BCUT2D eigenvalue weighted by molar-refractivity contribution is 0.0504. The molecule has 0 bridgehead atoms. The summed E-state index contributed by atoms with van der Waals surface area (Å²) in [4.78, 5) is 48.7. The fourth-order valence-corrected chi connectivity index (χ4v) is 2.36.